The van der Waals surface area contributed by atoms with Gasteiger partial charge in [0.15, 0.2) is 0 Å². The average molecular weight is 499 g/mol. The largest absolute Gasteiger partial charge is 0.490 e. The Morgan fingerprint density at radius 2 is 2.00 bits per heavy atom. The van der Waals surface area contributed by atoms with Crippen LogP contribution in [0, 0.1) is 0 Å². The Kier molecular flexibility index (Phi) is 6.54. The van der Waals surface area contributed by atoms with Gasteiger partial charge in [0.2, 0.25) is 0 Å². The summed E-state index contributed by atoms with van der Waals surface area (Å²) in [5.74, 6) is 0.776. The van der Waals surface area contributed by atoms with Gasteiger partial charge in [0.25, 0.3) is 5.91 Å². The highest BCUT2D eigenvalue weighted by atomic mass is 35.5. The first-order valence-electron chi connectivity index (χ1n) is 11.4. The monoisotopic (exact) mass is 498 g/mol. The van der Waals surface area contributed by atoms with Gasteiger partial charge in [-0.15, -0.1) is 11.3 Å². The van der Waals surface area contributed by atoms with Gasteiger partial charge in [-0.1, -0.05) is 29.8 Å². The minimum atomic E-state index is -0.520. The number of nitrogens with one attached hydrogen (secondary N) is 2. The molecule has 1 amide bonds. The first kappa shape index (κ1) is 22.8. The molecule has 1 fully saturated rings. The molecule has 0 radical (unpaired) electrons. The zero-order valence-electron chi connectivity index (χ0n) is 18.8. The van der Waals surface area contributed by atoms with Gasteiger partial charge in [0, 0.05) is 22.7 Å². The number of halogens is 1. The van der Waals surface area contributed by atoms with Crippen molar-refractivity contribution in [3.63, 3.8) is 0 Å². The molecule has 5 rings (SSSR count). The van der Waals surface area contributed by atoms with Gasteiger partial charge in [-0.05, 0) is 51.1 Å². The number of thiophene rings is 1. The molecule has 3 aromatic rings. The van der Waals surface area contributed by atoms with E-state index in [0.29, 0.717) is 22.3 Å². The van der Waals surface area contributed by atoms with E-state index >= 15 is 0 Å². The number of primary amides is 1. The van der Waals surface area contributed by atoms with Crippen LogP contribution in [0.25, 0.3) is 0 Å². The Hall–Kier alpha value is -2.94. The number of rotatable bonds is 7. The molecule has 2 aromatic carbocycles. The second-order valence-corrected chi connectivity index (χ2v) is 9.87. The fraction of sp³-hybridized carbons (Fsp3) is 0.320. The molecule has 9 heteroatoms. The number of ether oxygens (including phenoxy) is 2. The van der Waals surface area contributed by atoms with Crippen LogP contribution in [0.15, 0.2) is 48.5 Å². The van der Waals surface area contributed by atoms with Crippen molar-refractivity contribution in [3.8, 4) is 11.5 Å². The molecular weight excluding hydrogens is 472 g/mol. The highest BCUT2D eigenvalue weighted by molar-refractivity contribution is 7.18. The van der Waals surface area contributed by atoms with Gasteiger partial charge in [0.1, 0.15) is 33.6 Å². The molecule has 4 N–H and O–H groups in total. The number of fused-ring (bicyclic) bond motifs is 1. The van der Waals surface area contributed by atoms with E-state index in [9.17, 15) is 4.79 Å². The lowest BCUT2D eigenvalue weighted by Gasteiger charge is -2.24. The molecule has 1 atom stereocenters. The Morgan fingerprint density at radius 1 is 1.21 bits per heavy atom. The maximum absolute atomic E-state index is 12.2. The minimum absolute atomic E-state index is 0.219. The summed E-state index contributed by atoms with van der Waals surface area (Å²) in [6, 6.07) is 15.5. The molecule has 34 heavy (non-hydrogen) atoms. The summed E-state index contributed by atoms with van der Waals surface area (Å²) in [5.41, 5.74) is 8.55. The summed E-state index contributed by atoms with van der Waals surface area (Å²) in [7, 11) is 0. The number of carbonyl (C=O) groups excluding carboxylic acids is 1. The molecule has 178 valence electrons. The normalized spacial score (nSPS) is 16.6. The molecule has 0 bridgehead atoms. The van der Waals surface area contributed by atoms with Crippen molar-refractivity contribution in [3.05, 3.63) is 64.0 Å². The lowest BCUT2D eigenvalue weighted by Crippen LogP contribution is -2.34. The summed E-state index contributed by atoms with van der Waals surface area (Å²) in [6.07, 6.45) is 1.87. The van der Waals surface area contributed by atoms with Crippen molar-refractivity contribution in [1.82, 2.24) is 5.32 Å². The highest BCUT2D eigenvalue weighted by Crippen LogP contribution is 2.45. The molecule has 0 aliphatic carbocycles. The van der Waals surface area contributed by atoms with Crippen LogP contribution >= 0.6 is 22.9 Å². The van der Waals surface area contributed by atoms with Crippen LogP contribution in [-0.4, -0.2) is 31.8 Å². The lowest BCUT2D eigenvalue weighted by atomic mass is 10.1. The van der Waals surface area contributed by atoms with Gasteiger partial charge < -0.3 is 30.7 Å². The fourth-order valence-corrected chi connectivity index (χ4v) is 5.57. The highest BCUT2D eigenvalue weighted by Gasteiger charge is 2.27. The van der Waals surface area contributed by atoms with E-state index in [0.717, 1.165) is 53.6 Å². The third-order valence-corrected chi connectivity index (χ3v) is 7.60. The van der Waals surface area contributed by atoms with Crippen LogP contribution in [-0.2, 0) is 0 Å². The van der Waals surface area contributed by atoms with Crippen LogP contribution in [0.4, 0.5) is 16.4 Å². The van der Waals surface area contributed by atoms with E-state index < -0.39 is 5.91 Å². The van der Waals surface area contributed by atoms with Crippen molar-refractivity contribution < 1.29 is 14.3 Å². The van der Waals surface area contributed by atoms with Crippen molar-refractivity contribution in [2.75, 3.05) is 30.0 Å². The van der Waals surface area contributed by atoms with E-state index in [-0.39, 0.29) is 12.2 Å². The number of carbonyl (C=O) groups is 1. The molecule has 1 aromatic heterocycles. The molecule has 2 aliphatic heterocycles. The van der Waals surface area contributed by atoms with Crippen LogP contribution < -0.4 is 30.7 Å². The van der Waals surface area contributed by atoms with Crippen LogP contribution in [0.2, 0.25) is 5.02 Å². The number of hydrogen-bond donors (Lipinski definition) is 3. The molecule has 0 spiro atoms. The molecule has 7 nitrogen and oxygen atoms in total. The predicted molar refractivity (Wildman–Crippen MR) is 137 cm³/mol. The zero-order chi connectivity index (χ0) is 23.7. The Morgan fingerprint density at radius 3 is 2.76 bits per heavy atom. The number of anilines is 3. The first-order valence-corrected chi connectivity index (χ1v) is 12.6. The number of amides is 1. The number of hydrogen-bond acceptors (Lipinski definition) is 7. The Bertz CT molecular complexity index is 1190. The van der Waals surface area contributed by atoms with Crippen LogP contribution in [0.1, 0.15) is 41.1 Å². The standard InChI is InChI=1S/C25H27ClN4O3S/c1-15(18-4-2-3-5-19(18)26)32-22-13-23(34-24(22)25(27)31)30-14-29-20-7-6-17(12-21(20)30)33-16-8-10-28-11-9-16/h2-7,12-13,15-16,28-29H,8-11,14H2,1H3,(H2,27,31)/t15-/m1/s1. The van der Waals surface area contributed by atoms with Gasteiger partial charge in [-0.2, -0.15) is 0 Å². The molecular formula is C25H27ClN4O3S. The minimum Gasteiger partial charge on any atom is -0.490 e. The molecule has 0 saturated carbocycles. The fourth-order valence-electron chi connectivity index (χ4n) is 4.32. The second kappa shape index (κ2) is 9.74. The van der Waals surface area contributed by atoms with E-state index in [4.69, 9.17) is 26.8 Å². The Balaban J connectivity index is 1.40. The predicted octanol–water partition coefficient (Wildman–Crippen LogP) is 5.29. The third kappa shape index (κ3) is 4.66. The second-order valence-electron chi connectivity index (χ2n) is 8.43. The number of nitrogens with two attached hydrogens (primary N) is 1. The molecule has 1 saturated heterocycles. The summed E-state index contributed by atoms with van der Waals surface area (Å²) in [4.78, 5) is 14.7. The van der Waals surface area contributed by atoms with Gasteiger partial charge in [-0.3, -0.25) is 4.79 Å². The topological polar surface area (TPSA) is 88.8 Å². The maximum Gasteiger partial charge on any atom is 0.262 e. The summed E-state index contributed by atoms with van der Waals surface area (Å²) >= 11 is 7.65. The van der Waals surface area contributed by atoms with Gasteiger partial charge in [0.05, 0.1) is 18.0 Å². The van der Waals surface area contributed by atoms with Crippen molar-refractivity contribution in [2.24, 2.45) is 5.73 Å². The number of nitrogens with zero attached hydrogens (tertiary/aromatic N) is 1. The molecule has 2 aliphatic rings. The van der Waals surface area contributed by atoms with Crippen LogP contribution in [0.3, 0.4) is 0 Å². The number of benzene rings is 2. The van der Waals surface area contributed by atoms with E-state index in [1.807, 2.05) is 55.5 Å². The molecule has 3 heterocycles. The quantitative estimate of drug-likeness (QED) is 0.410. The van der Waals surface area contributed by atoms with Crippen molar-refractivity contribution >= 4 is 45.2 Å². The summed E-state index contributed by atoms with van der Waals surface area (Å²) < 4.78 is 12.4. The summed E-state index contributed by atoms with van der Waals surface area (Å²) in [6.45, 7) is 4.43. The SMILES string of the molecule is C[C@@H](Oc1cc(N2CNc3ccc(OC4CCNCC4)cc32)sc1C(N)=O)c1ccccc1Cl. The van der Waals surface area contributed by atoms with Crippen molar-refractivity contribution in [1.29, 1.82) is 0 Å². The summed E-state index contributed by atoms with van der Waals surface area (Å²) in [5, 5.41) is 8.24. The third-order valence-electron chi connectivity index (χ3n) is 6.10. The first-order chi connectivity index (χ1) is 16.5. The van der Waals surface area contributed by atoms with Gasteiger partial charge in [-0.25, -0.2) is 0 Å². The maximum atomic E-state index is 12.2. The molecule has 0 unspecified atom stereocenters. The van der Waals surface area contributed by atoms with E-state index in [1.54, 1.807) is 0 Å². The number of piperidine rings is 1. The smallest absolute Gasteiger partial charge is 0.262 e. The average Bonchev–Trinajstić information content (AvgIpc) is 3.44. The zero-order valence-corrected chi connectivity index (χ0v) is 20.4. The van der Waals surface area contributed by atoms with Crippen molar-refractivity contribution in [2.45, 2.75) is 32.0 Å². The van der Waals surface area contributed by atoms with E-state index in [2.05, 4.69) is 15.5 Å². The van der Waals surface area contributed by atoms with Gasteiger partial charge >= 0.3 is 0 Å². The Labute approximate surface area is 207 Å². The lowest BCUT2D eigenvalue weighted by molar-refractivity contribution is 0.0998. The van der Waals surface area contributed by atoms with E-state index in [1.165, 1.54) is 11.3 Å². The van der Waals surface area contributed by atoms with Crippen LogP contribution in [0.5, 0.6) is 11.5 Å².